The van der Waals surface area contributed by atoms with E-state index in [9.17, 15) is 0 Å². The van der Waals surface area contributed by atoms with Gasteiger partial charge in [0.05, 0.1) is 33.4 Å². The topological polar surface area (TPSA) is 15.7 Å². The molecule has 0 saturated carbocycles. The van der Waals surface area contributed by atoms with E-state index in [2.05, 4.69) is 227 Å². The van der Waals surface area contributed by atoms with Crippen LogP contribution in [0.25, 0.3) is 33.4 Å². The van der Waals surface area contributed by atoms with E-state index in [0.29, 0.717) is 0 Å². The zero-order valence-electron chi connectivity index (χ0n) is 35.0. The molecule has 3 heterocycles. The number of hydrogen-bond donors (Lipinski definition) is 0. The van der Waals surface area contributed by atoms with Gasteiger partial charge >= 0.3 is 0 Å². The van der Waals surface area contributed by atoms with Gasteiger partial charge in [-0.15, -0.1) is 0 Å². The summed E-state index contributed by atoms with van der Waals surface area (Å²) in [7, 11) is -1.04. The van der Waals surface area contributed by atoms with E-state index in [-0.39, 0.29) is 10.8 Å². The molecule has 0 aliphatic carbocycles. The standard InChI is InChI=1S/C56H47N2OP/c1-55(2,3)42-22-26-44(27-23-42)57-46-30-39(36-16-10-7-11-17-36)31-47-52(46)60-53-48(57)32-40(37-18-12-8-13-19-37)34-50(53)59-51-35-41(38-20-14-9-15-21-38)33-49(54(51)60)58(47)45-28-24-43(25-29-45)56(4,5)6/h7-35H,1-6H3. The first-order valence-corrected chi connectivity index (χ1v) is 22.4. The SMILES string of the molecule is CC(C)(C)c1ccc(N2c3cc(-c4ccccc4)cc4c3P3c5c(cc(-c6ccccc6)cc5N(c5ccc(C(C)(C)C)cc5)c5cc(-c6ccccc6)cc2c53)O4)cc1. The molecule has 0 spiro atoms. The first-order valence-electron chi connectivity index (χ1n) is 21.0. The van der Waals surface area contributed by atoms with Crippen molar-refractivity contribution in [2.45, 2.75) is 52.4 Å². The average molecular weight is 795 g/mol. The molecule has 4 heteroatoms. The van der Waals surface area contributed by atoms with E-state index >= 15 is 0 Å². The molecule has 0 unspecified atom stereocenters. The van der Waals surface area contributed by atoms with Crippen LogP contribution in [0.4, 0.5) is 34.1 Å². The minimum absolute atomic E-state index is 0.0309. The highest BCUT2D eigenvalue weighted by Crippen LogP contribution is 2.63. The molecule has 0 atom stereocenters. The summed E-state index contributed by atoms with van der Waals surface area (Å²) < 4.78 is 7.33. The Balaban J connectivity index is 1.26. The van der Waals surface area contributed by atoms with Crippen molar-refractivity contribution >= 4 is 58.0 Å². The number of hydrogen-bond acceptors (Lipinski definition) is 3. The first kappa shape index (κ1) is 36.7. The molecule has 0 aromatic heterocycles. The summed E-state index contributed by atoms with van der Waals surface area (Å²) in [6.45, 7) is 13.7. The molecule has 292 valence electrons. The van der Waals surface area contributed by atoms with Crippen LogP contribution >= 0.6 is 7.92 Å². The third-order valence-electron chi connectivity index (χ3n) is 12.3. The van der Waals surface area contributed by atoms with Crippen LogP contribution in [0.15, 0.2) is 176 Å². The molecular formula is C56H47N2OP. The quantitative estimate of drug-likeness (QED) is 0.161. The van der Waals surface area contributed by atoms with Crippen LogP contribution in [0.5, 0.6) is 11.5 Å². The summed E-state index contributed by atoms with van der Waals surface area (Å²) >= 11 is 0. The van der Waals surface area contributed by atoms with Crippen LogP contribution in [0.1, 0.15) is 52.7 Å². The van der Waals surface area contributed by atoms with Crippen LogP contribution in [0, 0.1) is 0 Å². The second-order valence-electron chi connectivity index (χ2n) is 18.3. The van der Waals surface area contributed by atoms with E-state index in [4.69, 9.17) is 4.74 Å². The summed E-state index contributed by atoms with van der Waals surface area (Å²) in [6.07, 6.45) is 0. The normalized spacial score (nSPS) is 13.8. The van der Waals surface area contributed by atoms with Gasteiger partial charge in [0, 0.05) is 24.6 Å². The highest BCUT2D eigenvalue weighted by atomic mass is 31.1. The van der Waals surface area contributed by atoms with E-state index in [1.54, 1.807) is 0 Å². The van der Waals surface area contributed by atoms with Gasteiger partial charge in [0.25, 0.3) is 0 Å². The lowest BCUT2D eigenvalue weighted by atomic mass is 9.87. The molecule has 0 bridgehead atoms. The molecule has 3 aliphatic heterocycles. The summed E-state index contributed by atoms with van der Waals surface area (Å²) in [5.41, 5.74) is 16.7. The maximum absolute atomic E-state index is 7.33. The minimum atomic E-state index is -1.04. The molecule has 8 aromatic rings. The molecule has 60 heavy (non-hydrogen) atoms. The predicted octanol–water partition coefficient (Wildman–Crippen LogP) is 14.7. The Hall–Kier alpha value is -6.41. The maximum atomic E-state index is 7.33. The first-order chi connectivity index (χ1) is 29.0. The molecular weight excluding hydrogens is 748 g/mol. The van der Waals surface area contributed by atoms with Crippen molar-refractivity contribution < 1.29 is 4.74 Å². The van der Waals surface area contributed by atoms with Crippen molar-refractivity contribution in [2.24, 2.45) is 0 Å². The van der Waals surface area contributed by atoms with Gasteiger partial charge < -0.3 is 14.5 Å². The Labute approximate surface area is 355 Å². The molecule has 0 radical (unpaired) electrons. The van der Waals surface area contributed by atoms with Gasteiger partial charge in [-0.3, -0.25) is 0 Å². The zero-order valence-corrected chi connectivity index (χ0v) is 35.9. The Kier molecular flexibility index (Phi) is 8.29. The van der Waals surface area contributed by atoms with Crippen molar-refractivity contribution in [3.63, 3.8) is 0 Å². The van der Waals surface area contributed by atoms with Crippen molar-refractivity contribution in [3.05, 3.63) is 187 Å². The number of rotatable bonds is 5. The smallest absolute Gasteiger partial charge is 0.138 e. The lowest BCUT2D eigenvalue weighted by Crippen LogP contribution is -2.43. The Bertz CT molecular complexity index is 2770. The predicted molar refractivity (Wildman–Crippen MR) is 255 cm³/mol. The van der Waals surface area contributed by atoms with Crippen LogP contribution in [-0.4, -0.2) is 0 Å². The largest absolute Gasteiger partial charge is 0.456 e. The second kappa shape index (κ2) is 13.6. The van der Waals surface area contributed by atoms with Crippen molar-refractivity contribution in [1.29, 1.82) is 0 Å². The third kappa shape index (κ3) is 5.90. The molecule has 8 aromatic carbocycles. The second-order valence-corrected chi connectivity index (χ2v) is 20.4. The molecule has 0 N–H and O–H groups in total. The highest BCUT2D eigenvalue weighted by Gasteiger charge is 2.47. The Morgan fingerprint density at radius 2 is 0.667 bits per heavy atom. The maximum Gasteiger partial charge on any atom is 0.138 e. The van der Waals surface area contributed by atoms with Crippen molar-refractivity contribution in [3.8, 4) is 44.9 Å². The highest BCUT2D eigenvalue weighted by molar-refractivity contribution is 7.81. The fraction of sp³-hybridized carbons (Fsp3) is 0.143. The van der Waals surface area contributed by atoms with E-state index in [1.807, 2.05) is 0 Å². The molecule has 0 saturated heterocycles. The summed E-state index contributed by atoms with van der Waals surface area (Å²) in [5.74, 6) is 1.87. The summed E-state index contributed by atoms with van der Waals surface area (Å²) in [5, 5.41) is 3.90. The van der Waals surface area contributed by atoms with Gasteiger partial charge in [-0.1, -0.05) is 157 Å². The van der Waals surface area contributed by atoms with Gasteiger partial charge in [0.1, 0.15) is 11.5 Å². The lowest BCUT2D eigenvalue weighted by molar-refractivity contribution is 0.489. The number of anilines is 6. The van der Waals surface area contributed by atoms with E-state index in [1.165, 1.54) is 72.0 Å². The fourth-order valence-corrected chi connectivity index (χ4v) is 12.1. The van der Waals surface area contributed by atoms with Crippen LogP contribution in [-0.2, 0) is 10.8 Å². The number of nitrogens with zero attached hydrogens (tertiary/aromatic N) is 2. The van der Waals surface area contributed by atoms with Gasteiger partial charge in [-0.2, -0.15) is 0 Å². The van der Waals surface area contributed by atoms with Gasteiger partial charge in [0.15, 0.2) is 0 Å². The number of benzene rings is 8. The van der Waals surface area contributed by atoms with Crippen LogP contribution < -0.4 is 30.5 Å². The third-order valence-corrected chi connectivity index (χ3v) is 15.0. The molecule has 11 rings (SSSR count). The Morgan fingerprint density at radius 3 is 1.00 bits per heavy atom. The van der Waals surface area contributed by atoms with E-state index in [0.717, 1.165) is 34.0 Å². The molecule has 3 nitrogen and oxygen atoms in total. The fourth-order valence-electron chi connectivity index (χ4n) is 9.19. The zero-order chi connectivity index (χ0) is 40.9. The molecule has 3 aliphatic rings. The van der Waals surface area contributed by atoms with Crippen molar-refractivity contribution in [1.82, 2.24) is 0 Å². The van der Waals surface area contributed by atoms with Crippen LogP contribution in [0.2, 0.25) is 0 Å². The average Bonchev–Trinajstić information content (AvgIpc) is 3.26. The Morgan fingerprint density at radius 1 is 0.350 bits per heavy atom. The minimum Gasteiger partial charge on any atom is -0.456 e. The van der Waals surface area contributed by atoms with Gasteiger partial charge in [-0.25, -0.2) is 0 Å². The molecule has 0 fully saturated rings. The monoisotopic (exact) mass is 794 g/mol. The van der Waals surface area contributed by atoms with Crippen molar-refractivity contribution in [2.75, 3.05) is 9.80 Å². The lowest BCUT2D eigenvalue weighted by Gasteiger charge is -2.48. The van der Waals surface area contributed by atoms with Gasteiger partial charge in [0.2, 0.25) is 0 Å². The van der Waals surface area contributed by atoms with Crippen LogP contribution in [0.3, 0.4) is 0 Å². The summed E-state index contributed by atoms with van der Waals surface area (Å²) in [4.78, 5) is 5.06. The van der Waals surface area contributed by atoms with E-state index < -0.39 is 7.92 Å². The molecule has 0 amide bonds. The summed E-state index contributed by atoms with van der Waals surface area (Å²) in [6, 6.07) is 65.2. The van der Waals surface area contributed by atoms with Gasteiger partial charge in [-0.05, 0) is 116 Å². The number of ether oxygens (including phenoxy) is 1.